The molecule has 0 aliphatic carbocycles. The fourth-order valence-electron chi connectivity index (χ4n) is 4.76. The topological polar surface area (TPSA) is 26.7 Å². The predicted molar refractivity (Wildman–Crippen MR) is 109 cm³/mol. The Kier molecular flexibility index (Phi) is 4.10. The molecule has 3 aromatic rings. The summed E-state index contributed by atoms with van der Waals surface area (Å²) in [4.78, 5) is 5.13. The van der Waals surface area contributed by atoms with Crippen LogP contribution in [0, 0.1) is 0 Å². The van der Waals surface area contributed by atoms with Gasteiger partial charge in [0, 0.05) is 31.2 Å². The lowest BCUT2D eigenvalue weighted by molar-refractivity contribution is 0.234. The van der Waals surface area contributed by atoms with Crippen molar-refractivity contribution in [3.8, 4) is 5.75 Å². The van der Waals surface area contributed by atoms with Crippen molar-refractivity contribution in [3.63, 3.8) is 0 Å². The van der Waals surface area contributed by atoms with Gasteiger partial charge in [0.15, 0.2) is 0 Å². The van der Waals surface area contributed by atoms with E-state index < -0.39 is 0 Å². The summed E-state index contributed by atoms with van der Waals surface area (Å²) in [5.74, 6) is 0.829. The van der Waals surface area contributed by atoms with E-state index in [1.165, 1.54) is 22.4 Å². The van der Waals surface area contributed by atoms with Crippen LogP contribution in [0.15, 0.2) is 78.9 Å². The highest BCUT2D eigenvalue weighted by atomic mass is 16.3. The van der Waals surface area contributed by atoms with Crippen LogP contribution in [-0.4, -0.2) is 22.7 Å². The summed E-state index contributed by atoms with van der Waals surface area (Å²) >= 11 is 0. The van der Waals surface area contributed by atoms with Gasteiger partial charge < -0.3 is 10.0 Å². The van der Waals surface area contributed by atoms with Crippen LogP contribution < -0.4 is 4.90 Å². The van der Waals surface area contributed by atoms with Crippen LogP contribution in [0.25, 0.3) is 0 Å². The molecule has 0 spiro atoms. The maximum absolute atomic E-state index is 10.1. The van der Waals surface area contributed by atoms with Crippen molar-refractivity contribution in [2.24, 2.45) is 0 Å². The van der Waals surface area contributed by atoms with E-state index in [1.54, 1.807) is 0 Å². The van der Waals surface area contributed by atoms with Gasteiger partial charge in [0.05, 0.1) is 6.17 Å². The average molecular weight is 356 g/mol. The van der Waals surface area contributed by atoms with Crippen molar-refractivity contribution < 1.29 is 5.11 Å². The molecule has 2 aliphatic heterocycles. The molecule has 5 rings (SSSR count). The normalized spacial score (nSPS) is 21.3. The first-order valence-corrected chi connectivity index (χ1v) is 9.71. The Hall–Kier alpha value is -2.78. The van der Waals surface area contributed by atoms with E-state index in [4.69, 9.17) is 0 Å². The number of hydrogen-bond donors (Lipinski definition) is 1. The first kappa shape index (κ1) is 16.4. The molecule has 0 bridgehead atoms. The lowest BCUT2D eigenvalue weighted by atomic mass is 9.98. The van der Waals surface area contributed by atoms with Crippen LogP contribution in [0.5, 0.6) is 5.75 Å². The number of likely N-dealkylation sites (tertiary alicyclic amines) is 1. The van der Waals surface area contributed by atoms with E-state index in [0.717, 1.165) is 26.1 Å². The maximum Gasteiger partial charge on any atom is 0.116 e. The van der Waals surface area contributed by atoms with Crippen molar-refractivity contribution in [1.82, 2.24) is 4.90 Å². The summed E-state index contributed by atoms with van der Waals surface area (Å²) < 4.78 is 0. The fraction of sp³-hybridized carbons (Fsp3) is 0.250. The van der Waals surface area contributed by atoms with Gasteiger partial charge in [0.2, 0.25) is 0 Å². The number of phenols is 1. The largest absolute Gasteiger partial charge is 0.508 e. The lowest BCUT2D eigenvalue weighted by Gasteiger charge is -2.34. The second-order valence-electron chi connectivity index (χ2n) is 7.62. The molecule has 2 aliphatic rings. The molecular weight excluding hydrogens is 332 g/mol. The standard InChI is InChI=1S/C24H24N2O/c27-20-11-12-23-22(15-20)21-13-14-25(16-18-7-3-1-4-8-18)24(21)26(23)17-19-9-5-2-6-10-19/h1-12,15,21,24,27H,13-14,16-17H2. The molecule has 3 aromatic carbocycles. The number of benzene rings is 3. The van der Waals surface area contributed by atoms with E-state index in [9.17, 15) is 5.11 Å². The van der Waals surface area contributed by atoms with E-state index in [2.05, 4.69) is 76.5 Å². The van der Waals surface area contributed by atoms with Crippen molar-refractivity contribution in [1.29, 1.82) is 0 Å². The second-order valence-corrected chi connectivity index (χ2v) is 7.62. The fourth-order valence-corrected chi connectivity index (χ4v) is 4.76. The number of nitrogens with zero attached hydrogens (tertiary/aromatic N) is 2. The third-order valence-corrected chi connectivity index (χ3v) is 5.92. The molecule has 2 atom stereocenters. The van der Waals surface area contributed by atoms with Gasteiger partial charge in [-0.15, -0.1) is 0 Å². The zero-order valence-corrected chi connectivity index (χ0v) is 15.3. The van der Waals surface area contributed by atoms with Crippen molar-refractivity contribution in [2.75, 3.05) is 11.4 Å². The van der Waals surface area contributed by atoms with Gasteiger partial charge in [-0.2, -0.15) is 0 Å². The quantitative estimate of drug-likeness (QED) is 0.732. The number of anilines is 1. The summed E-state index contributed by atoms with van der Waals surface area (Å²) in [5, 5.41) is 10.1. The monoisotopic (exact) mass is 356 g/mol. The summed E-state index contributed by atoms with van der Waals surface area (Å²) in [5.41, 5.74) is 5.25. The van der Waals surface area contributed by atoms with Gasteiger partial charge in [-0.05, 0) is 41.3 Å². The van der Waals surface area contributed by atoms with Gasteiger partial charge in [-0.3, -0.25) is 4.90 Å². The Morgan fingerprint density at radius 3 is 2.19 bits per heavy atom. The van der Waals surface area contributed by atoms with E-state index in [0.29, 0.717) is 17.8 Å². The Morgan fingerprint density at radius 1 is 0.815 bits per heavy atom. The van der Waals surface area contributed by atoms with Gasteiger partial charge in [0.1, 0.15) is 5.75 Å². The smallest absolute Gasteiger partial charge is 0.116 e. The highest BCUT2D eigenvalue weighted by Crippen LogP contribution is 2.49. The highest BCUT2D eigenvalue weighted by Gasteiger charge is 2.45. The van der Waals surface area contributed by atoms with Crippen molar-refractivity contribution in [3.05, 3.63) is 95.6 Å². The van der Waals surface area contributed by atoms with E-state index in [-0.39, 0.29) is 0 Å². The van der Waals surface area contributed by atoms with Crippen LogP contribution in [0.3, 0.4) is 0 Å². The molecule has 0 aromatic heterocycles. The van der Waals surface area contributed by atoms with Gasteiger partial charge >= 0.3 is 0 Å². The molecule has 0 radical (unpaired) electrons. The van der Waals surface area contributed by atoms with Crippen LogP contribution >= 0.6 is 0 Å². The van der Waals surface area contributed by atoms with Crippen LogP contribution in [0.1, 0.15) is 29.0 Å². The minimum atomic E-state index is 0.349. The number of phenolic OH excluding ortho intramolecular Hbond substituents is 1. The third kappa shape index (κ3) is 2.98. The predicted octanol–water partition coefficient (Wildman–Crippen LogP) is 4.73. The van der Waals surface area contributed by atoms with E-state index in [1.807, 2.05) is 12.1 Å². The molecule has 136 valence electrons. The molecule has 3 nitrogen and oxygen atoms in total. The Morgan fingerprint density at radius 2 is 1.48 bits per heavy atom. The first-order valence-electron chi connectivity index (χ1n) is 9.71. The average Bonchev–Trinajstić information content (AvgIpc) is 3.23. The lowest BCUT2D eigenvalue weighted by Crippen LogP contribution is -2.43. The summed E-state index contributed by atoms with van der Waals surface area (Å²) in [6.07, 6.45) is 1.49. The summed E-state index contributed by atoms with van der Waals surface area (Å²) in [7, 11) is 0. The van der Waals surface area contributed by atoms with Gasteiger partial charge in [0.25, 0.3) is 0 Å². The molecule has 1 fully saturated rings. The second kappa shape index (κ2) is 6.75. The Bertz CT molecular complexity index is 926. The minimum Gasteiger partial charge on any atom is -0.508 e. The van der Waals surface area contributed by atoms with Crippen LogP contribution in [0.2, 0.25) is 0 Å². The SMILES string of the molecule is Oc1ccc2c(c1)C1CCN(Cc3ccccc3)C1N2Cc1ccccc1. The maximum atomic E-state index is 10.1. The van der Waals surface area contributed by atoms with Crippen molar-refractivity contribution >= 4 is 5.69 Å². The zero-order valence-electron chi connectivity index (χ0n) is 15.3. The van der Waals surface area contributed by atoms with E-state index >= 15 is 0 Å². The van der Waals surface area contributed by atoms with Crippen LogP contribution in [-0.2, 0) is 13.1 Å². The number of fused-ring (bicyclic) bond motifs is 3. The van der Waals surface area contributed by atoms with Crippen molar-refractivity contribution in [2.45, 2.75) is 31.6 Å². The zero-order chi connectivity index (χ0) is 18.2. The number of hydrogen-bond acceptors (Lipinski definition) is 3. The molecule has 2 heterocycles. The molecule has 1 saturated heterocycles. The summed E-state index contributed by atoms with van der Waals surface area (Å²) in [6, 6.07) is 27.3. The Labute approximate surface area is 160 Å². The summed E-state index contributed by atoms with van der Waals surface area (Å²) in [6.45, 7) is 2.95. The molecule has 27 heavy (non-hydrogen) atoms. The number of rotatable bonds is 4. The molecule has 0 amide bonds. The Balaban J connectivity index is 1.50. The molecule has 3 heteroatoms. The number of aromatic hydroxyl groups is 1. The highest BCUT2D eigenvalue weighted by molar-refractivity contribution is 5.64. The molecule has 1 N–H and O–H groups in total. The van der Waals surface area contributed by atoms with Crippen LogP contribution in [0.4, 0.5) is 5.69 Å². The minimum absolute atomic E-state index is 0.349. The molecule has 2 unspecified atom stereocenters. The van der Waals surface area contributed by atoms with Gasteiger partial charge in [-0.25, -0.2) is 0 Å². The first-order chi connectivity index (χ1) is 13.3. The third-order valence-electron chi connectivity index (χ3n) is 5.92. The molecular formula is C24H24N2O. The molecule has 0 saturated carbocycles. The van der Waals surface area contributed by atoms with Gasteiger partial charge in [-0.1, -0.05) is 60.7 Å².